The molecule has 0 aliphatic heterocycles. The predicted octanol–water partition coefficient (Wildman–Crippen LogP) is 3.33. The van der Waals surface area contributed by atoms with Crippen LogP contribution in [0.3, 0.4) is 0 Å². The first-order valence-corrected chi connectivity index (χ1v) is 10.8. The summed E-state index contributed by atoms with van der Waals surface area (Å²) in [5.41, 5.74) is 4.21. The summed E-state index contributed by atoms with van der Waals surface area (Å²) in [6, 6.07) is 13.6. The lowest BCUT2D eigenvalue weighted by Crippen LogP contribution is -2.20. The van der Waals surface area contributed by atoms with Crippen LogP contribution in [0.1, 0.15) is 30.0 Å². The first-order chi connectivity index (χ1) is 14.4. The molecular weight excluding hydrogens is 400 g/mol. The molecule has 1 aromatic heterocycles. The van der Waals surface area contributed by atoms with Crippen molar-refractivity contribution in [2.75, 3.05) is 12.4 Å². The lowest BCUT2D eigenvalue weighted by molar-refractivity contribution is -0.116. The molecule has 7 nitrogen and oxygen atoms in total. The fourth-order valence-corrected chi connectivity index (χ4v) is 3.81. The molecule has 1 unspecified atom stereocenters. The molecule has 0 bridgehead atoms. The van der Waals surface area contributed by atoms with Gasteiger partial charge in [0.05, 0.1) is 11.8 Å². The van der Waals surface area contributed by atoms with Gasteiger partial charge in [0.15, 0.2) is 0 Å². The Bertz CT molecular complexity index is 968. The van der Waals surface area contributed by atoms with Crippen LogP contribution >= 0.6 is 11.8 Å². The fraction of sp³-hybridized carbons (Fsp3) is 0.364. The van der Waals surface area contributed by atoms with Crippen LogP contribution in [-0.4, -0.2) is 49.6 Å². The van der Waals surface area contributed by atoms with Crippen LogP contribution in [0.5, 0.6) is 5.75 Å². The zero-order chi connectivity index (χ0) is 21.5. The molecule has 0 amide bonds. The van der Waals surface area contributed by atoms with E-state index in [1.165, 1.54) is 11.8 Å². The van der Waals surface area contributed by atoms with Gasteiger partial charge in [-0.15, -0.1) is 5.10 Å². The number of carbonyl (C=O) groups excluding carboxylic acids is 1. The van der Waals surface area contributed by atoms with Gasteiger partial charge in [0, 0.05) is 12.2 Å². The van der Waals surface area contributed by atoms with E-state index in [-0.39, 0.29) is 12.4 Å². The van der Waals surface area contributed by atoms with Gasteiger partial charge in [0.1, 0.15) is 18.1 Å². The third kappa shape index (κ3) is 5.90. The van der Waals surface area contributed by atoms with E-state index in [0.717, 1.165) is 28.8 Å². The van der Waals surface area contributed by atoms with Crippen LogP contribution in [0.25, 0.3) is 5.69 Å². The Morgan fingerprint density at radius 2 is 1.87 bits per heavy atom. The van der Waals surface area contributed by atoms with Crippen molar-refractivity contribution >= 4 is 17.5 Å². The number of carbonyl (C=O) groups is 1. The predicted molar refractivity (Wildman–Crippen MR) is 116 cm³/mol. The van der Waals surface area contributed by atoms with Gasteiger partial charge in [-0.05, 0) is 66.4 Å². The molecule has 1 N–H and O–H groups in total. The Kier molecular flexibility index (Phi) is 7.59. The van der Waals surface area contributed by atoms with Gasteiger partial charge in [-0.2, -0.15) is 4.68 Å². The lowest BCUT2D eigenvalue weighted by Gasteiger charge is -2.13. The minimum absolute atomic E-state index is 0.171. The summed E-state index contributed by atoms with van der Waals surface area (Å²) in [6.07, 6.45) is 0.595. The van der Waals surface area contributed by atoms with E-state index in [9.17, 15) is 9.90 Å². The van der Waals surface area contributed by atoms with Crippen LogP contribution in [0.4, 0.5) is 0 Å². The molecule has 0 radical (unpaired) electrons. The maximum absolute atomic E-state index is 11.1. The minimum Gasteiger partial charge on any atom is -0.491 e. The molecule has 0 saturated heterocycles. The number of Topliss-reactive ketones (excluding diaryl/α,β-unsaturated/α-hetero) is 1. The quantitative estimate of drug-likeness (QED) is 0.497. The van der Waals surface area contributed by atoms with Crippen molar-refractivity contribution in [1.82, 2.24) is 20.2 Å². The highest BCUT2D eigenvalue weighted by Gasteiger charge is 2.15. The Morgan fingerprint density at radius 1 is 1.17 bits per heavy atom. The number of aliphatic hydroxyl groups excluding tert-OH is 1. The summed E-state index contributed by atoms with van der Waals surface area (Å²) in [5.74, 6) is 1.27. The highest BCUT2D eigenvalue weighted by Crippen LogP contribution is 2.24. The topological polar surface area (TPSA) is 90.1 Å². The van der Waals surface area contributed by atoms with Gasteiger partial charge >= 0.3 is 0 Å². The molecule has 0 aliphatic carbocycles. The van der Waals surface area contributed by atoms with Crippen LogP contribution in [-0.2, 0) is 11.2 Å². The highest BCUT2D eigenvalue weighted by molar-refractivity contribution is 7.99. The van der Waals surface area contributed by atoms with Gasteiger partial charge in [0.25, 0.3) is 0 Å². The normalized spacial score (nSPS) is 12.0. The molecule has 0 fully saturated rings. The van der Waals surface area contributed by atoms with Gasteiger partial charge < -0.3 is 14.6 Å². The van der Waals surface area contributed by atoms with E-state index >= 15 is 0 Å². The smallest absolute Gasteiger partial charge is 0.214 e. The molecule has 2 aromatic carbocycles. The second-order valence-electron chi connectivity index (χ2n) is 7.24. The average Bonchev–Trinajstić information content (AvgIpc) is 3.18. The standard InChI is InChI=1S/C22H26N4O3S/c1-15-5-4-6-16(2)21(15)26-22(23-24-25-26)30-14-19(28)13-29-20-11-9-18(10-12-20)8-7-17(3)27/h4-6,9-12,19,28H,7-8,13-14H2,1-3H3. The number of hydrogen-bond acceptors (Lipinski definition) is 7. The Balaban J connectivity index is 1.52. The van der Waals surface area contributed by atoms with E-state index in [1.807, 2.05) is 56.3 Å². The summed E-state index contributed by atoms with van der Waals surface area (Å²) >= 11 is 1.39. The number of aryl methyl sites for hydroxylation is 3. The maximum atomic E-state index is 11.1. The number of para-hydroxylation sites is 1. The lowest BCUT2D eigenvalue weighted by atomic mass is 10.1. The van der Waals surface area contributed by atoms with E-state index in [4.69, 9.17) is 4.74 Å². The molecule has 1 atom stereocenters. The van der Waals surface area contributed by atoms with Crippen LogP contribution < -0.4 is 4.74 Å². The SMILES string of the molecule is CC(=O)CCc1ccc(OCC(O)CSc2nnnn2-c2c(C)cccc2C)cc1. The van der Waals surface area contributed by atoms with Gasteiger partial charge in [-0.25, -0.2) is 0 Å². The van der Waals surface area contributed by atoms with Gasteiger partial charge in [0.2, 0.25) is 5.16 Å². The van der Waals surface area contributed by atoms with Crippen molar-refractivity contribution in [3.63, 3.8) is 0 Å². The molecule has 0 spiro atoms. The second-order valence-corrected chi connectivity index (χ2v) is 8.22. The number of tetrazole rings is 1. The van der Waals surface area contributed by atoms with Crippen molar-refractivity contribution in [3.05, 3.63) is 59.2 Å². The van der Waals surface area contributed by atoms with E-state index in [1.54, 1.807) is 11.6 Å². The van der Waals surface area contributed by atoms with Crippen molar-refractivity contribution in [2.45, 2.75) is 44.9 Å². The summed E-state index contributed by atoms with van der Waals surface area (Å²) in [6.45, 7) is 5.81. The fourth-order valence-electron chi connectivity index (χ4n) is 3.03. The van der Waals surface area contributed by atoms with E-state index in [0.29, 0.717) is 23.1 Å². The first-order valence-electron chi connectivity index (χ1n) is 9.81. The number of benzene rings is 2. The maximum Gasteiger partial charge on any atom is 0.214 e. The third-order valence-electron chi connectivity index (χ3n) is 4.63. The summed E-state index contributed by atoms with van der Waals surface area (Å²) in [4.78, 5) is 11.1. The number of ketones is 1. The molecule has 1 heterocycles. The van der Waals surface area contributed by atoms with Crippen molar-refractivity contribution in [3.8, 4) is 11.4 Å². The van der Waals surface area contributed by atoms with Crippen LogP contribution in [0.2, 0.25) is 0 Å². The number of nitrogens with zero attached hydrogens (tertiary/aromatic N) is 4. The van der Waals surface area contributed by atoms with Crippen molar-refractivity contribution in [1.29, 1.82) is 0 Å². The monoisotopic (exact) mass is 426 g/mol. The summed E-state index contributed by atoms with van der Waals surface area (Å²) < 4.78 is 7.39. The Labute approximate surface area is 180 Å². The highest BCUT2D eigenvalue weighted by atomic mass is 32.2. The first kappa shape index (κ1) is 22.0. The minimum atomic E-state index is -0.671. The van der Waals surface area contributed by atoms with Crippen molar-refractivity contribution < 1.29 is 14.6 Å². The molecule has 3 rings (SSSR count). The largest absolute Gasteiger partial charge is 0.491 e. The van der Waals surface area contributed by atoms with Crippen LogP contribution in [0, 0.1) is 13.8 Å². The van der Waals surface area contributed by atoms with Gasteiger partial charge in [-0.1, -0.05) is 42.1 Å². The van der Waals surface area contributed by atoms with Crippen molar-refractivity contribution in [2.24, 2.45) is 0 Å². The molecule has 3 aromatic rings. The summed E-state index contributed by atoms with van der Waals surface area (Å²) in [5, 5.41) is 22.9. The Morgan fingerprint density at radius 3 is 2.53 bits per heavy atom. The zero-order valence-corrected chi connectivity index (χ0v) is 18.2. The second kappa shape index (κ2) is 10.4. The zero-order valence-electron chi connectivity index (χ0n) is 17.4. The molecule has 158 valence electrons. The number of hydrogen-bond donors (Lipinski definition) is 1. The number of rotatable bonds is 10. The average molecular weight is 427 g/mol. The molecular formula is C22H26N4O3S. The number of ether oxygens (including phenoxy) is 1. The molecule has 0 aliphatic rings. The molecule has 0 saturated carbocycles. The number of thioether (sulfide) groups is 1. The molecule has 30 heavy (non-hydrogen) atoms. The van der Waals surface area contributed by atoms with Gasteiger partial charge in [-0.3, -0.25) is 0 Å². The number of aliphatic hydroxyl groups is 1. The molecule has 8 heteroatoms. The van der Waals surface area contributed by atoms with Crippen LogP contribution in [0.15, 0.2) is 47.6 Å². The Hall–Kier alpha value is -2.71. The number of aromatic nitrogens is 4. The van der Waals surface area contributed by atoms with E-state index < -0.39 is 6.10 Å². The summed E-state index contributed by atoms with van der Waals surface area (Å²) in [7, 11) is 0. The van der Waals surface area contributed by atoms with E-state index in [2.05, 4.69) is 15.5 Å². The third-order valence-corrected chi connectivity index (χ3v) is 5.69.